The Bertz CT molecular complexity index is 409. The summed E-state index contributed by atoms with van der Waals surface area (Å²) in [6.45, 7) is 6.90. The molecule has 0 aromatic heterocycles. The molecular formula is C15H24N2. The molecule has 0 radical (unpaired) electrons. The van der Waals surface area contributed by atoms with Crippen LogP contribution >= 0.6 is 0 Å². The van der Waals surface area contributed by atoms with Crippen molar-refractivity contribution in [1.82, 2.24) is 4.90 Å². The van der Waals surface area contributed by atoms with Crippen LogP contribution in [0.15, 0.2) is 18.2 Å². The van der Waals surface area contributed by atoms with Crippen molar-refractivity contribution in [3.8, 4) is 0 Å². The van der Waals surface area contributed by atoms with Gasteiger partial charge in [0.25, 0.3) is 0 Å². The molecule has 1 aliphatic rings. The third-order valence-electron chi connectivity index (χ3n) is 4.50. The highest BCUT2D eigenvalue weighted by molar-refractivity contribution is 5.47. The lowest BCUT2D eigenvalue weighted by molar-refractivity contribution is 0.0971. The third-order valence-corrected chi connectivity index (χ3v) is 4.50. The average molecular weight is 232 g/mol. The second kappa shape index (κ2) is 4.34. The molecule has 2 heteroatoms. The van der Waals surface area contributed by atoms with Gasteiger partial charge in [-0.1, -0.05) is 13.0 Å². The van der Waals surface area contributed by atoms with Crippen LogP contribution in [0.1, 0.15) is 50.8 Å². The summed E-state index contributed by atoms with van der Waals surface area (Å²) < 4.78 is 0. The molecule has 1 aromatic rings. The zero-order valence-corrected chi connectivity index (χ0v) is 11.5. The number of benzene rings is 1. The van der Waals surface area contributed by atoms with E-state index in [2.05, 4.69) is 44.9 Å². The fraction of sp³-hybridized carbons (Fsp3) is 0.600. The first-order valence-corrected chi connectivity index (χ1v) is 6.57. The topological polar surface area (TPSA) is 29.3 Å². The minimum Gasteiger partial charge on any atom is -0.399 e. The number of anilines is 1. The normalized spacial score (nSPS) is 19.7. The van der Waals surface area contributed by atoms with Crippen molar-refractivity contribution in [2.24, 2.45) is 0 Å². The molecule has 0 amide bonds. The van der Waals surface area contributed by atoms with Crippen LogP contribution in [0.3, 0.4) is 0 Å². The van der Waals surface area contributed by atoms with E-state index >= 15 is 0 Å². The van der Waals surface area contributed by atoms with E-state index in [4.69, 9.17) is 5.73 Å². The van der Waals surface area contributed by atoms with Gasteiger partial charge in [-0.25, -0.2) is 0 Å². The second-order valence-corrected chi connectivity index (χ2v) is 5.79. The van der Waals surface area contributed by atoms with E-state index in [0.29, 0.717) is 6.04 Å². The summed E-state index contributed by atoms with van der Waals surface area (Å²) in [6.07, 6.45) is 3.55. The predicted molar refractivity (Wildman–Crippen MR) is 74.0 cm³/mol. The minimum atomic E-state index is 0.258. The van der Waals surface area contributed by atoms with Gasteiger partial charge in [0.05, 0.1) is 0 Å². The molecule has 1 aromatic carbocycles. The van der Waals surface area contributed by atoms with Gasteiger partial charge in [0, 0.05) is 17.3 Å². The molecule has 2 N–H and O–H groups in total. The van der Waals surface area contributed by atoms with Crippen molar-refractivity contribution < 1.29 is 0 Å². The van der Waals surface area contributed by atoms with Gasteiger partial charge in [-0.15, -0.1) is 0 Å². The summed E-state index contributed by atoms with van der Waals surface area (Å²) >= 11 is 0. The quantitative estimate of drug-likeness (QED) is 0.810. The molecule has 0 fully saturated rings. The number of aryl methyl sites for hydroxylation is 1. The molecule has 0 saturated heterocycles. The number of nitrogen functional groups attached to an aromatic ring is 1. The van der Waals surface area contributed by atoms with Crippen LogP contribution in [0, 0.1) is 0 Å². The molecule has 0 aliphatic heterocycles. The zero-order chi connectivity index (χ0) is 12.6. The maximum Gasteiger partial charge on any atom is 0.0356 e. The van der Waals surface area contributed by atoms with E-state index in [1.54, 1.807) is 0 Å². The Balaban J connectivity index is 2.28. The van der Waals surface area contributed by atoms with Crippen molar-refractivity contribution in [2.75, 3.05) is 12.8 Å². The SMILES string of the molecule is CCC(C)(C)N(C)C1CCc2cc(N)ccc21. The standard InChI is InChI=1S/C15H24N2/c1-5-15(2,3)17(4)14-9-6-11-10-12(16)7-8-13(11)14/h7-8,10,14H,5-6,9,16H2,1-4H3. The van der Waals surface area contributed by atoms with Crippen LogP contribution in [-0.2, 0) is 6.42 Å². The highest BCUT2D eigenvalue weighted by atomic mass is 15.2. The Morgan fingerprint density at radius 1 is 1.41 bits per heavy atom. The Morgan fingerprint density at radius 3 is 2.76 bits per heavy atom. The van der Waals surface area contributed by atoms with Gasteiger partial charge >= 0.3 is 0 Å². The fourth-order valence-electron chi connectivity index (χ4n) is 2.69. The van der Waals surface area contributed by atoms with Crippen LogP contribution in [0.5, 0.6) is 0 Å². The lowest BCUT2D eigenvalue weighted by Crippen LogP contribution is -2.42. The Kier molecular flexibility index (Phi) is 3.17. The monoisotopic (exact) mass is 232 g/mol. The highest BCUT2D eigenvalue weighted by Crippen LogP contribution is 2.39. The smallest absolute Gasteiger partial charge is 0.0356 e. The van der Waals surface area contributed by atoms with Gasteiger partial charge < -0.3 is 5.73 Å². The Labute approximate surface area is 105 Å². The number of rotatable bonds is 3. The number of hydrogen-bond acceptors (Lipinski definition) is 2. The summed E-state index contributed by atoms with van der Waals surface area (Å²) in [4.78, 5) is 2.52. The van der Waals surface area contributed by atoms with Crippen molar-refractivity contribution in [3.05, 3.63) is 29.3 Å². The summed E-state index contributed by atoms with van der Waals surface area (Å²) in [7, 11) is 2.25. The van der Waals surface area contributed by atoms with Crippen LogP contribution in [0.2, 0.25) is 0 Å². The summed E-state index contributed by atoms with van der Waals surface area (Å²) in [5.41, 5.74) is 9.91. The number of hydrogen-bond donors (Lipinski definition) is 1. The number of nitrogens with two attached hydrogens (primary N) is 1. The van der Waals surface area contributed by atoms with Crippen LogP contribution in [0.4, 0.5) is 5.69 Å². The average Bonchev–Trinajstić information content (AvgIpc) is 2.70. The second-order valence-electron chi connectivity index (χ2n) is 5.79. The molecule has 2 nitrogen and oxygen atoms in total. The van der Waals surface area contributed by atoms with Gasteiger partial charge in [-0.3, -0.25) is 4.90 Å². The summed E-state index contributed by atoms with van der Waals surface area (Å²) in [6, 6.07) is 6.94. The Hall–Kier alpha value is -1.02. The lowest BCUT2D eigenvalue weighted by Gasteiger charge is -2.39. The molecule has 0 bridgehead atoms. The largest absolute Gasteiger partial charge is 0.399 e. The van der Waals surface area contributed by atoms with Crippen molar-refractivity contribution >= 4 is 5.69 Å². The van der Waals surface area contributed by atoms with E-state index in [9.17, 15) is 0 Å². The van der Waals surface area contributed by atoms with Gasteiger partial charge in [-0.05, 0) is 63.4 Å². The molecule has 0 spiro atoms. The molecule has 94 valence electrons. The van der Waals surface area contributed by atoms with Crippen molar-refractivity contribution in [3.63, 3.8) is 0 Å². The van der Waals surface area contributed by atoms with E-state index < -0.39 is 0 Å². The zero-order valence-electron chi connectivity index (χ0n) is 11.5. The van der Waals surface area contributed by atoms with Crippen molar-refractivity contribution in [1.29, 1.82) is 0 Å². The highest BCUT2D eigenvalue weighted by Gasteiger charge is 2.32. The molecule has 1 atom stereocenters. The first-order valence-electron chi connectivity index (χ1n) is 6.57. The molecule has 17 heavy (non-hydrogen) atoms. The van der Waals surface area contributed by atoms with Crippen LogP contribution in [0.25, 0.3) is 0 Å². The van der Waals surface area contributed by atoms with E-state index in [1.165, 1.54) is 24.0 Å². The lowest BCUT2D eigenvalue weighted by atomic mass is 9.95. The Morgan fingerprint density at radius 2 is 2.12 bits per heavy atom. The minimum absolute atomic E-state index is 0.258. The van der Waals surface area contributed by atoms with Crippen molar-refractivity contribution in [2.45, 2.75) is 51.6 Å². The fourth-order valence-corrected chi connectivity index (χ4v) is 2.69. The first kappa shape index (κ1) is 12.4. The molecule has 1 aliphatic carbocycles. The van der Waals surface area contributed by atoms with E-state index in [1.807, 2.05) is 6.07 Å². The van der Waals surface area contributed by atoms with Crippen LogP contribution < -0.4 is 5.73 Å². The number of fused-ring (bicyclic) bond motifs is 1. The summed E-state index contributed by atoms with van der Waals surface area (Å²) in [5, 5.41) is 0. The first-order chi connectivity index (χ1) is 7.95. The van der Waals surface area contributed by atoms with E-state index in [0.717, 1.165) is 12.1 Å². The third kappa shape index (κ3) is 2.19. The molecular weight excluding hydrogens is 208 g/mol. The predicted octanol–water partition coefficient (Wildman–Crippen LogP) is 3.38. The molecule has 0 heterocycles. The molecule has 0 saturated carbocycles. The summed E-state index contributed by atoms with van der Waals surface area (Å²) in [5.74, 6) is 0. The van der Waals surface area contributed by atoms with Gasteiger partial charge in [0.15, 0.2) is 0 Å². The van der Waals surface area contributed by atoms with E-state index in [-0.39, 0.29) is 5.54 Å². The number of nitrogens with zero attached hydrogens (tertiary/aromatic N) is 1. The molecule has 1 unspecified atom stereocenters. The maximum absolute atomic E-state index is 5.85. The van der Waals surface area contributed by atoms with Gasteiger partial charge in [0.1, 0.15) is 0 Å². The van der Waals surface area contributed by atoms with Gasteiger partial charge in [0.2, 0.25) is 0 Å². The van der Waals surface area contributed by atoms with Gasteiger partial charge in [-0.2, -0.15) is 0 Å². The maximum atomic E-state index is 5.85. The van der Waals surface area contributed by atoms with Crippen LogP contribution in [-0.4, -0.2) is 17.5 Å². The molecule has 2 rings (SSSR count).